The predicted molar refractivity (Wildman–Crippen MR) is 110 cm³/mol. The van der Waals surface area contributed by atoms with E-state index in [-0.39, 0.29) is 24.4 Å². The van der Waals surface area contributed by atoms with E-state index in [1.807, 2.05) is 44.2 Å². The summed E-state index contributed by atoms with van der Waals surface area (Å²) >= 11 is 1.29. The Hall–Kier alpha value is -3.07. The number of amides is 2. The molecule has 0 aliphatic heterocycles. The first-order valence-electron chi connectivity index (χ1n) is 9.38. The lowest BCUT2D eigenvalue weighted by molar-refractivity contribution is -0.136. The summed E-state index contributed by atoms with van der Waals surface area (Å²) in [5.74, 6) is -0.343. The van der Waals surface area contributed by atoms with Crippen molar-refractivity contribution in [3.05, 3.63) is 65.2 Å². The summed E-state index contributed by atoms with van der Waals surface area (Å²) in [5, 5.41) is 7.04. The lowest BCUT2D eigenvalue weighted by atomic mass is 10.0. The van der Waals surface area contributed by atoms with Gasteiger partial charge in [0.15, 0.2) is 0 Å². The molecule has 0 saturated heterocycles. The van der Waals surface area contributed by atoms with Crippen LogP contribution in [-0.2, 0) is 4.79 Å². The Balaban J connectivity index is 1.79. The highest BCUT2D eigenvalue weighted by atomic mass is 32.1. The van der Waals surface area contributed by atoms with Gasteiger partial charge in [-0.15, -0.1) is 0 Å². The largest absolute Gasteiger partial charge is 0.348 e. The van der Waals surface area contributed by atoms with Crippen LogP contribution in [0.5, 0.6) is 0 Å². The molecule has 0 bridgehead atoms. The van der Waals surface area contributed by atoms with Crippen molar-refractivity contribution in [2.45, 2.75) is 32.4 Å². The van der Waals surface area contributed by atoms with Crippen molar-refractivity contribution in [3.63, 3.8) is 0 Å². The fourth-order valence-corrected chi connectivity index (χ4v) is 3.69. The number of hydrogen-bond acceptors (Lipinski definition) is 6. The van der Waals surface area contributed by atoms with Gasteiger partial charge in [0.2, 0.25) is 5.91 Å². The molecule has 2 amide bonds. The topological polar surface area (TPSA) is 93.0 Å². The van der Waals surface area contributed by atoms with Crippen molar-refractivity contribution in [3.8, 4) is 0 Å². The summed E-state index contributed by atoms with van der Waals surface area (Å²) in [6.07, 6.45) is 3.54. The van der Waals surface area contributed by atoms with Crippen LogP contribution in [0, 0.1) is 6.92 Å². The van der Waals surface area contributed by atoms with Crippen LogP contribution < -0.4 is 5.32 Å². The lowest BCUT2D eigenvalue weighted by Crippen LogP contribution is -2.42. The van der Waals surface area contributed by atoms with Crippen LogP contribution in [0.25, 0.3) is 0 Å². The van der Waals surface area contributed by atoms with Gasteiger partial charge in [-0.1, -0.05) is 37.3 Å². The highest BCUT2D eigenvalue weighted by molar-refractivity contribution is 7.05. The average Bonchev–Trinajstić information content (AvgIpc) is 3.41. The van der Waals surface area contributed by atoms with Crippen molar-refractivity contribution in [1.82, 2.24) is 29.4 Å². The van der Waals surface area contributed by atoms with E-state index in [1.54, 1.807) is 29.0 Å². The smallest absolute Gasteiger partial charge is 0.271 e. The molecule has 2 unspecified atom stereocenters. The Kier molecular flexibility index (Phi) is 6.71. The molecule has 1 N–H and O–H groups in total. The zero-order valence-corrected chi connectivity index (χ0v) is 17.5. The normalized spacial score (nSPS) is 12.9. The SMILES string of the molecule is CCC(C(=O)N(C)C(CNC(=O)c1cc(C)sn1)c1ccccc1)n1cncn1. The molecule has 29 heavy (non-hydrogen) atoms. The van der Waals surface area contributed by atoms with Gasteiger partial charge in [0.25, 0.3) is 5.91 Å². The number of carbonyl (C=O) groups excluding carboxylic acids is 2. The Bertz CT molecular complexity index is 941. The molecule has 2 heterocycles. The lowest BCUT2D eigenvalue weighted by Gasteiger charge is -2.31. The zero-order valence-electron chi connectivity index (χ0n) is 16.6. The van der Waals surface area contributed by atoms with Gasteiger partial charge >= 0.3 is 0 Å². The maximum Gasteiger partial charge on any atom is 0.271 e. The highest BCUT2D eigenvalue weighted by Gasteiger charge is 2.29. The number of aryl methyl sites for hydroxylation is 1. The van der Waals surface area contributed by atoms with E-state index in [2.05, 4.69) is 19.8 Å². The van der Waals surface area contributed by atoms with Gasteiger partial charge in [0.1, 0.15) is 24.4 Å². The van der Waals surface area contributed by atoms with Crippen LogP contribution in [0.4, 0.5) is 0 Å². The fourth-order valence-electron chi connectivity index (χ4n) is 3.15. The minimum Gasteiger partial charge on any atom is -0.348 e. The molecule has 1 aromatic carbocycles. The first kappa shape index (κ1) is 20.7. The Morgan fingerprint density at radius 1 is 1.28 bits per heavy atom. The van der Waals surface area contributed by atoms with Crippen LogP contribution in [0.3, 0.4) is 0 Å². The molecule has 2 aromatic heterocycles. The van der Waals surface area contributed by atoms with Gasteiger partial charge in [-0.3, -0.25) is 9.59 Å². The number of nitrogens with one attached hydrogen (secondary N) is 1. The third kappa shape index (κ3) is 4.86. The van der Waals surface area contributed by atoms with Crippen LogP contribution in [0.2, 0.25) is 0 Å². The van der Waals surface area contributed by atoms with Gasteiger partial charge in [0, 0.05) is 18.5 Å². The number of rotatable bonds is 8. The minimum atomic E-state index is -0.453. The summed E-state index contributed by atoms with van der Waals surface area (Å²) in [4.78, 5) is 32.3. The quantitative estimate of drug-likeness (QED) is 0.614. The second kappa shape index (κ2) is 9.42. The van der Waals surface area contributed by atoms with E-state index in [0.717, 1.165) is 10.4 Å². The molecule has 2 atom stereocenters. The monoisotopic (exact) mass is 412 g/mol. The molecule has 3 rings (SSSR count). The van der Waals surface area contributed by atoms with Crippen LogP contribution in [0.1, 0.15) is 46.4 Å². The van der Waals surface area contributed by atoms with Crippen molar-refractivity contribution >= 4 is 23.3 Å². The minimum absolute atomic E-state index is 0.0920. The molecule has 9 heteroatoms. The molecule has 0 fully saturated rings. The number of carbonyl (C=O) groups is 2. The van der Waals surface area contributed by atoms with Crippen LogP contribution in [0.15, 0.2) is 49.1 Å². The van der Waals surface area contributed by atoms with Crippen molar-refractivity contribution in [2.24, 2.45) is 0 Å². The number of hydrogen-bond donors (Lipinski definition) is 1. The molecule has 0 aliphatic rings. The van der Waals surface area contributed by atoms with Gasteiger partial charge in [0.05, 0.1) is 6.04 Å². The molecule has 0 radical (unpaired) electrons. The maximum absolute atomic E-state index is 13.2. The number of aromatic nitrogens is 4. The molecule has 8 nitrogen and oxygen atoms in total. The predicted octanol–water partition coefficient (Wildman–Crippen LogP) is 2.62. The van der Waals surface area contributed by atoms with Crippen LogP contribution in [-0.4, -0.2) is 49.4 Å². The Morgan fingerprint density at radius 2 is 2.03 bits per heavy atom. The standard InChI is InChI=1S/C20H24N6O2S/c1-4-17(26-13-21-12-23-26)20(28)25(3)18(15-8-6-5-7-9-15)11-22-19(27)16-10-14(2)29-24-16/h5-10,12-13,17-18H,4,11H2,1-3H3,(H,22,27). The molecule has 0 aliphatic carbocycles. The Labute approximate surface area is 173 Å². The summed E-state index contributed by atoms with van der Waals surface area (Å²) < 4.78 is 5.72. The molecule has 0 spiro atoms. The van der Waals surface area contributed by atoms with Crippen molar-refractivity contribution in [2.75, 3.05) is 13.6 Å². The molecule has 152 valence electrons. The number of likely N-dealkylation sites (N-methyl/N-ethyl adjacent to an activating group) is 1. The van der Waals surface area contributed by atoms with Crippen LogP contribution >= 0.6 is 11.5 Å². The first-order valence-corrected chi connectivity index (χ1v) is 10.2. The van der Waals surface area contributed by atoms with Gasteiger partial charge < -0.3 is 10.2 Å². The molecule has 3 aromatic rings. The average molecular weight is 413 g/mol. The number of nitrogens with zero attached hydrogens (tertiary/aromatic N) is 5. The third-order valence-electron chi connectivity index (χ3n) is 4.74. The third-order valence-corrected chi connectivity index (χ3v) is 5.44. The second-order valence-electron chi connectivity index (χ2n) is 6.71. The van der Waals surface area contributed by atoms with Crippen molar-refractivity contribution in [1.29, 1.82) is 0 Å². The van der Waals surface area contributed by atoms with E-state index < -0.39 is 6.04 Å². The second-order valence-corrected chi connectivity index (χ2v) is 7.72. The summed E-state index contributed by atoms with van der Waals surface area (Å²) in [7, 11) is 1.75. The van der Waals surface area contributed by atoms with Gasteiger partial charge in [-0.05, 0) is 36.5 Å². The zero-order chi connectivity index (χ0) is 20.8. The highest BCUT2D eigenvalue weighted by Crippen LogP contribution is 2.23. The van der Waals surface area contributed by atoms with Crippen molar-refractivity contribution < 1.29 is 9.59 Å². The summed E-state index contributed by atoms with van der Waals surface area (Å²) in [6, 6.07) is 10.6. The summed E-state index contributed by atoms with van der Waals surface area (Å²) in [5.41, 5.74) is 1.33. The first-order chi connectivity index (χ1) is 14.0. The molecular formula is C20H24N6O2S. The van der Waals surface area contributed by atoms with E-state index >= 15 is 0 Å². The fraction of sp³-hybridized carbons (Fsp3) is 0.350. The van der Waals surface area contributed by atoms with E-state index in [4.69, 9.17) is 0 Å². The van der Waals surface area contributed by atoms with E-state index in [1.165, 1.54) is 17.9 Å². The molecular weight excluding hydrogens is 388 g/mol. The van der Waals surface area contributed by atoms with E-state index in [9.17, 15) is 9.59 Å². The molecule has 0 saturated carbocycles. The summed E-state index contributed by atoms with van der Waals surface area (Å²) in [6.45, 7) is 4.11. The maximum atomic E-state index is 13.2. The number of benzene rings is 1. The Morgan fingerprint density at radius 3 is 2.62 bits per heavy atom. The van der Waals surface area contributed by atoms with Gasteiger partial charge in [-0.2, -0.15) is 9.47 Å². The van der Waals surface area contributed by atoms with E-state index in [0.29, 0.717) is 12.1 Å². The van der Waals surface area contributed by atoms with Gasteiger partial charge in [-0.25, -0.2) is 9.67 Å².